The topological polar surface area (TPSA) is 68.0 Å². The molecular formula is C16H19N3O. The zero-order valence-electron chi connectivity index (χ0n) is 11.5. The number of carbonyl (C=O) groups excluding carboxylic acids is 1. The smallest absolute Gasteiger partial charge is 0.237 e. The van der Waals surface area contributed by atoms with E-state index in [0.717, 1.165) is 11.3 Å². The van der Waals surface area contributed by atoms with Crippen molar-refractivity contribution in [1.82, 2.24) is 10.3 Å². The normalized spacial score (nSPS) is 13.5. The Morgan fingerprint density at radius 2 is 1.90 bits per heavy atom. The first-order chi connectivity index (χ1) is 9.66. The second-order valence-corrected chi connectivity index (χ2v) is 4.78. The quantitative estimate of drug-likeness (QED) is 0.870. The molecule has 0 saturated carbocycles. The van der Waals surface area contributed by atoms with Crippen LogP contribution in [0.3, 0.4) is 0 Å². The highest BCUT2D eigenvalue weighted by molar-refractivity contribution is 5.82. The maximum absolute atomic E-state index is 12.1. The number of nitrogens with one attached hydrogen (secondary N) is 1. The standard InChI is InChI=1S/C16H19N3O/c1-12(15-9-5-6-10-18-15)19-16(20)14(17)11-13-7-3-2-4-8-13/h2-10,12,14H,11,17H2,1H3,(H,19,20)/t12-,14-/m1/s1. The van der Waals surface area contributed by atoms with Gasteiger partial charge in [-0.05, 0) is 31.0 Å². The van der Waals surface area contributed by atoms with Crippen LogP contribution in [-0.2, 0) is 11.2 Å². The largest absolute Gasteiger partial charge is 0.347 e. The van der Waals surface area contributed by atoms with E-state index in [1.807, 2.05) is 55.5 Å². The summed E-state index contributed by atoms with van der Waals surface area (Å²) in [5.74, 6) is -0.160. The number of hydrogen-bond donors (Lipinski definition) is 2. The number of nitrogens with zero attached hydrogens (tertiary/aromatic N) is 1. The van der Waals surface area contributed by atoms with Crippen LogP contribution in [0.4, 0.5) is 0 Å². The third-order valence-corrected chi connectivity index (χ3v) is 3.13. The van der Waals surface area contributed by atoms with Crippen LogP contribution < -0.4 is 11.1 Å². The minimum absolute atomic E-state index is 0.148. The summed E-state index contributed by atoms with van der Waals surface area (Å²) in [6.07, 6.45) is 2.24. The maximum atomic E-state index is 12.1. The SMILES string of the molecule is C[C@@H](NC(=O)[C@H](N)Cc1ccccc1)c1ccccn1. The second-order valence-electron chi connectivity index (χ2n) is 4.78. The molecule has 4 nitrogen and oxygen atoms in total. The average Bonchev–Trinajstić information content (AvgIpc) is 2.49. The Labute approximate surface area is 119 Å². The molecule has 2 rings (SSSR count). The molecule has 1 aromatic heterocycles. The minimum Gasteiger partial charge on any atom is -0.347 e. The van der Waals surface area contributed by atoms with Gasteiger partial charge in [0, 0.05) is 6.20 Å². The van der Waals surface area contributed by atoms with Crippen LogP contribution in [0.1, 0.15) is 24.2 Å². The number of pyridine rings is 1. The summed E-state index contributed by atoms with van der Waals surface area (Å²) >= 11 is 0. The second kappa shape index (κ2) is 6.82. The first-order valence-corrected chi connectivity index (χ1v) is 6.67. The van der Waals surface area contributed by atoms with Gasteiger partial charge in [-0.25, -0.2) is 0 Å². The van der Waals surface area contributed by atoms with Crippen LogP contribution >= 0.6 is 0 Å². The molecule has 2 atom stereocenters. The zero-order valence-corrected chi connectivity index (χ0v) is 11.5. The van der Waals surface area contributed by atoms with Gasteiger partial charge in [0.2, 0.25) is 5.91 Å². The Kier molecular flexibility index (Phi) is 4.85. The van der Waals surface area contributed by atoms with Crippen molar-refractivity contribution < 1.29 is 4.79 Å². The molecule has 0 bridgehead atoms. The van der Waals surface area contributed by atoms with Crippen molar-refractivity contribution in [2.24, 2.45) is 5.73 Å². The van der Waals surface area contributed by atoms with E-state index in [9.17, 15) is 4.79 Å². The summed E-state index contributed by atoms with van der Waals surface area (Å²) < 4.78 is 0. The number of amides is 1. The molecule has 0 fully saturated rings. The summed E-state index contributed by atoms with van der Waals surface area (Å²) in [6.45, 7) is 1.90. The van der Waals surface area contributed by atoms with Gasteiger partial charge in [-0.15, -0.1) is 0 Å². The molecule has 2 aromatic rings. The summed E-state index contributed by atoms with van der Waals surface area (Å²) in [4.78, 5) is 16.3. The molecule has 0 saturated heterocycles. The van der Waals surface area contributed by atoms with Crippen LogP contribution in [0.2, 0.25) is 0 Å². The molecule has 1 aromatic carbocycles. The number of carbonyl (C=O) groups is 1. The number of benzene rings is 1. The molecule has 20 heavy (non-hydrogen) atoms. The molecular weight excluding hydrogens is 250 g/mol. The summed E-state index contributed by atoms with van der Waals surface area (Å²) in [5, 5.41) is 2.89. The monoisotopic (exact) mass is 269 g/mol. The first kappa shape index (κ1) is 14.2. The lowest BCUT2D eigenvalue weighted by Crippen LogP contribution is -2.43. The van der Waals surface area contributed by atoms with Crippen molar-refractivity contribution in [1.29, 1.82) is 0 Å². The third-order valence-electron chi connectivity index (χ3n) is 3.13. The molecule has 1 amide bonds. The lowest BCUT2D eigenvalue weighted by atomic mass is 10.1. The van der Waals surface area contributed by atoms with E-state index in [4.69, 9.17) is 5.73 Å². The van der Waals surface area contributed by atoms with E-state index in [2.05, 4.69) is 10.3 Å². The van der Waals surface area contributed by atoms with Crippen LogP contribution in [-0.4, -0.2) is 16.9 Å². The van der Waals surface area contributed by atoms with Gasteiger partial charge in [0.25, 0.3) is 0 Å². The van der Waals surface area contributed by atoms with Crippen LogP contribution in [0.15, 0.2) is 54.7 Å². The van der Waals surface area contributed by atoms with Gasteiger partial charge in [0.15, 0.2) is 0 Å². The Morgan fingerprint density at radius 1 is 1.20 bits per heavy atom. The Balaban J connectivity index is 1.91. The van der Waals surface area contributed by atoms with Gasteiger partial charge in [-0.3, -0.25) is 9.78 Å². The molecule has 4 heteroatoms. The fourth-order valence-electron chi connectivity index (χ4n) is 1.99. The predicted molar refractivity (Wildman–Crippen MR) is 78.9 cm³/mol. The highest BCUT2D eigenvalue weighted by atomic mass is 16.2. The van der Waals surface area contributed by atoms with Gasteiger partial charge in [0.1, 0.15) is 0 Å². The summed E-state index contributed by atoms with van der Waals surface area (Å²) in [6, 6.07) is 14.7. The van der Waals surface area contributed by atoms with Gasteiger partial charge in [-0.2, -0.15) is 0 Å². The van der Waals surface area contributed by atoms with Crippen molar-refractivity contribution in [3.8, 4) is 0 Å². The number of hydrogen-bond acceptors (Lipinski definition) is 3. The fourth-order valence-corrected chi connectivity index (χ4v) is 1.99. The lowest BCUT2D eigenvalue weighted by Gasteiger charge is -2.17. The van der Waals surface area contributed by atoms with Crippen molar-refractivity contribution >= 4 is 5.91 Å². The molecule has 0 aliphatic rings. The average molecular weight is 269 g/mol. The maximum Gasteiger partial charge on any atom is 0.237 e. The summed E-state index contributed by atoms with van der Waals surface area (Å²) in [5.41, 5.74) is 7.83. The molecule has 0 spiro atoms. The van der Waals surface area contributed by atoms with Crippen LogP contribution in [0.25, 0.3) is 0 Å². The van der Waals surface area contributed by atoms with E-state index in [1.54, 1.807) is 6.20 Å². The van der Waals surface area contributed by atoms with Gasteiger partial charge >= 0.3 is 0 Å². The highest BCUT2D eigenvalue weighted by Gasteiger charge is 2.17. The first-order valence-electron chi connectivity index (χ1n) is 6.67. The minimum atomic E-state index is -0.552. The van der Waals surface area contributed by atoms with E-state index in [-0.39, 0.29) is 11.9 Å². The Morgan fingerprint density at radius 3 is 2.55 bits per heavy atom. The molecule has 0 radical (unpaired) electrons. The van der Waals surface area contributed by atoms with E-state index in [0.29, 0.717) is 6.42 Å². The van der Waals surface area contributed by atoms with E-state index < -0.39 is 6.04 Å². The van der Waals surface area contributed by atoms with E-state index >= 15 is 0 Å². The molecule has 3 N–H and O–H groups in total. The molecule has 0 aliphatic carbocycles. The van der Waals surface area contributed by atoms with Crippen molar-refractivity contribution in [3.05, 3.63) is 66.0 Å². The van der Waals surface area contributed by atoms with Gasteiger partial charge in [-0.1, -0.05) is 36.4 Å². The molecule has 104 valence electrons. The zero-order chi connectivity index (χ0) is 14.4. The Bertz CT molecular complexity index is 542. The summed E-state index contributed by atoms with van der Waals surface area (Å²) in [7, 11) is 0. The van der Waals surface area contributed by atoms with Crippen molar-refractivity contribution in [3.63, 3.8) is 0 Å². The molecule has 1 heterocycles. The van der Waals surface area contributed by atoms with Gasteiger partial charge in [0.05, 0.1) is 17.8 Å². The number of nitrogens with two attached hydrogens (primary N) is 1. The fraction of sp³-hybridized carbons (Fsp3) is 0.250. The highest BCUT2D eigenvalue weighted by Crippen LogP contribution is 2.09. The Hall–Kier alpha value is -2.20. The third kappa shape index (κ3) is 3.90. The predicted octanol–water partition coefficient (Wildman–Crippen LogP) is 1.83. The van der Waals surface area contributed by atoms with Crippen LogP contribution in [0, 0.1) is 0 Å². The van der Waals surface area contributed by atoms with Crippen molar-refractivity contribution in [2.75, 3.05) is 0 Å². The number of aromatic nitrogens is 1. The van der Waals surface area contributed by atoms with Crippen LogP contribution in [0.5, 0.6) is 0 Å². The number of rotatable bonds is 5. The molecule has 0 unspecified atom stereocenters. The van der Waals surface area contributed by atoms with Crippen molar-refractivity contribution in [2.45, 2.75) is 25.4 Å². The van der Waals surface area contributed by atoms with E-state index in [1.165, 1.54) is 0 Å². The van der Waals surface area contributed by atoms with Gasteiger partial charge < -0.3 is 11.1 Å². The molecule has 0 aliphatic heterocycles. The lowest BCUT2D eigenvalue weighted by molar-refractivity contribution is -0.123.